The number of ether oxygens (including phenoxy) is 1. The van der Waals surface area contributed by atoms with Gasteiger partial charge in [0.1, 0.15) is 5.75 Å². The van der Waals surface area contributed by atoms with Gasteiger partial charge in [0.2, 0.25) is 5.91 Å². The fraction of sp³-hybridized carbons (Fsp3) is 0.500. The van der Waals surface area contributed by atoms with E-state index >= 15 is 0 Å². The van der Waals surface area contributed by atoms with Crippen molar-refractivity contribution in [3.63, 3.8) is 0 Å². The van der Waals surface area contributed by atoms with Gasteiger partial charge < -0.3 is 15.8 Å². The maximum Gasteiger partial charge on any atom is 0.573 e. The van der Waals surface area contributed by atoms with Gasteiger partial charge in [-0.05, 0) is 92.4 Å². The zero-order chi connectivity index (χ0) is 26.7. The molecule has 3 N–H and O–H groups in total. The second-order valence-electron chi connectivity index (χ2n) is 10.8. The van der Waals surface area contributed by atoms with Crippen LogP contribution in [0.4, 0.5) is 13.2 Å². The van der Waals surface area contributed by atoms with Gasteiger partial charge in [-0.2, -0.15) is 0 Å². The van der Waals surface area contributed by atoms with Crippen molar-refractivity contribution in [2.45, 2.75) is 82.7 Å². The van der Waals surface area contributed by atoms with Crippen LogP contribution >= 0.6 is 0 Å². The number of hydrogen-bond donors (Lipinski definition) is 2. The summed E-state index contributed by atoms with van der Waals surface area (Å²) in [4.78, 5) is 13.5. The molecule has 3 aromatic rings. The number of rotatable bonds is 7. The highest BCUT2D eigenvalue weighted by atomic mass is 19.4. The predicted octanol–water partition coefficient (Wildman–Crippen LogP) is 6.83. The number of fused-ring (bicyclic) bond motifs is 1. The van der Waals surface area contributed by atoms with Crippen LogP contribution in [0.1, 0.15) is 68.1 Å². The van der Waals surface area contributed by atoms with Gasteiger partial charge in [-0.3, -0.25) is 9.36 Å². The molecule has 8 heteroatoms. The lowest BCUT2D eigenvalue weighted by Crippen LogP contribution is -2.38. The molecule has 1 aromatic heterocycles. The molecule has 0 spiro atoms. The smallest absolute Gasteiger partial charge is 0.406 e. The summed E-state index contributed by atoms with van der Waals surface area (Å²) in [6.07, 6.45) is 7.39. The Balaban J connectivity index is 1.43. The van der Waals surface area contributed by atoms with E-state index < -0.39 is 6.36 Å². The van der Waals surface area contributed by atoms with Crippen molar-refractivity contribution >= 4 is 16.8 Å². The lowest BCUT2D eigenvalue weighted by Gasteiger charge is -2.26. The van der Waals surface area contributed by atoms with Crippen molar-refractivity contribution in [2.75, 3.05) is 6.54 Å². The summed E-state index contributed by atoms with van der Waals surface area (Å²) in [6, 6.07) is 12.5. The quantitative estimate of drug-likeness (QED) is 0.353. The average Bonchev–Trinajstić information content (AvgIpc) is 3.27. The first kappa shape index (κ1) is 26.8. The van der Waals surface area contributed by atoms with Gasteiger partial charge in [0.25, 0.3) is 0 Å². The molecule has 0 saturated heterocycles. The van der Waals surface area contributed by atoms with E-state index in [0.29, 0.717) is 17.6 Å². The zero-order valence-electron chi connectivity index (χ0n) is 21.6. The number of nitrogens with one attached hydrogen (secondary N) is 1. The van der Waals surface area contributed by atoms with Gasteiger partial charge in [-0.25, -0.2) is 0 Å². The normalized spacial score (nSPS) is 21.1. The van der Waals surface area contributed by atoms with Crippen LogP contribution in [-0.2, 0) is 6.42 Å². The number of carbonyl (C=O) groups excluding carboxylic acids is 1. The molecule has 0 aliphatic heterocycles. The summed E-state index contributed by atoms with van der Waals surface area (Å²) < 4.78 is 44.3. The number of aromatic nitrogens is 1. The van der Waals surface area contributed by atoms with Crippen LogP contribution in [0.25, 0.3) is 22.0 Å². The molecule has 2 aliphatic carbocycles. The molecule has 0 amide bonds. The first-order chi connectivity index (χ1) is 18.3. The number of benzene rings is 2. The second-order valence-corrected chi connectivity index (χ2v) is 10.8. The fourth-order valence-corrected chi connectivity index (χ4v) is 6.01. The SMILES string of the molecule is NC1CCC(NCCc2cn(C(=O)C3CCCCC3)c3ccc(-c4cccc(OC(F)(F)F)c4)cc23)CC1. The number of alkyl halides is 3. The van der Waals surface area contributed by atoms with Gasteiger partial charge >= 0.3 is 6.36 Å². The molecular weight excluding hydrogens is 491 g/mol. The van der Waals surface area contributed by atoms with Crippen LogP contribution in [0.15, 0.2) is 48.7 Å². The third kappa shape index (κ3) is 6.41. The van der Waals surface area contributed by atoms with E-state index in [4.69, 9.17) is 5.73 Å². The van der Waals surface area contributed by atoms with E-state index in [1.807, 2.05) is 29.0 Å². The summed E-state index contributed by atoms with van der Waals surface area (Å²) in [5.74, 6) is -0.0760. The second kappa shape index (κ2) is 11.5. The Morgan fingerprint density at radius 3 is 2.45 bits per heavy atom. The number of hydrogen-bond acceptors (Lipinski definition) is 4. The van der Waals surface area contributed by atoms with E-state index in [0.717, 1.165) is 86.4 Å². The van der Waals surface area contributed by atoms with Crippen molar-refractivity contribution < 1.29 is 22.7 Å². The monoisotopic (exact) mass is 527 g/mol. The van der Waals surface area contributed by atoms with Crippen LogP contribution in [0.3, 0.4) is 0 Å². The molecular formula is C30H36F3N3O2. The summed E-state index contributed by atoms with van der Waals surface area (Å²) >= 11 is 0. The number of carbonyl (C=O) groups is 1. The van der Waals surface area contributed by atoms with E-state index in [2.05, 4.69) is 10.1 Å². The molecule has 2 fully saturated rings. The molecule has 2 saturated carbocycles. The van der Waals surface area contributed by atoms with E-state index in [1.165, 1.54) is 18.6 Å². The Kier molecular flexibility index (Phi) is 8.09. The first-order valence-corrected chi connectivity index (χ1v) is 13.8. The summed E-state index contributed by atoms with van der Waals surface area (Å²) in [6.45, 7) is 0.787. The Bertz CT molecular complexity index is 1260. The van der Waals surface area contributed by atoms with Crippen molar-refractivity contribution in [3.8, 4) is 16.9 Å². The molecule has 204 valence electrons. The van der Waals surface area contributed by atoms with Crippen molar-refractivity contribution in [1.82, 2.24) is 9.88 Å². The van der Waals surface area contributed by atoms with Gasteiger partial charge in [0.05, 0.1) is 5.52 Å². The van der Waals surface area contributed by atoms with Crippen LogP contribution in [-0.4, -0.2) is 35.5 Å². The standard InChI is InChI=1S/C30H36F3N3O2/c31-30(32,33)38-26-8-4-7-21(17-26)22-9-14-28-27(18-22)23(15-16-35-25-12-10-24(34)11-13-25)19-36(28)29(37)20-5-2-1-3-6-20/h4,7-9,14,17-20,24-25,35H,1-3,5-6,10-13,15-16,34H2. The molecule has 0 radical (unpaired) electrons. The number of halogens is 3. The minimum absolute atomic E-state index is 0.0349. The van der Waals surface area contributed by atoms with E-state index in [-0.39, 0.29) is 17.6 Å². The number of nitrogens with zero attached hydrogens (tertiary/aromatic N) is 1. The topological polar surface area (TPSA) is 69.3 Å². The Morgan fingerprint density at radius 2 is 1.71 bits per heavy atom. The minimum atomic E-state index is -4.75. The fourth-order valence-electron chi connectivity index (χ4n) is 6.01. The largest absolute Gasteiger partial charge is 0.573 e. The lowest BCUT2D eigenvalue weighted by atomic mass is 9.88. The molecule has 2 aliphatic rings. The van der Waals surface area contributed by atoms with Gasteiger partial charge in [-0.1, -0.05) is 37.5 Å². The van der Waals surface area contributed by atoms with Crippen LogP contribution in [0, 0.1) is 5.92 Å². The van der Waals surface area contributed by atoms with E-state index in [1.54, 1.807) is 12.1 Å². The lowest BCUT2D eigenvalue weighted by molar-refractivity contribution is -0.274. The Hall–Kier alpha value is -2.84. The molecule has 1 heterocycles. The summed E-state index contributed by atoms with van der Waals surface area (Å²) in [7, 11) is 0. The number of nitrogens with two attached hydrogens (primary N) is 1. The Labute approximate surface area is 221 Å². The first-order valence-electron chi connectivity index (χ1n) is 13.8. The van der Waals surface area contributed by atoms with E-state index in [9.17, 15) is 18.0 Å². The highest BCUT2D eigenvalue weighted by Gasteiger charge is 2.31. The zero-order valence-corrected chi connectivity index (χ0v) is 21.6. The van der Waals surface area contributed by atoms with Gasteiger partial charge in [0.15, 0.2) is 0 Å². The van der Waals surface area contributed by atoms with Crippen LogP contribution < -0.4 is 15.8 Å². The molecule has 38 heavy (non-hydrogen) atoms. The van der Waals surface area contributed by atoms with Crippen molar-refractivity contribution in [3.05, 3.63) is 54.2 Å². The minimum Gasteiger partial charge on any atom is -0.406 e. The highest BCUT2D eigenvalue weighted by Crippen LogP contribution is 2.33. The van der Waals surface area contributed by atoms with Crippen LogP contribution in [0.5, 0.6) is 5.75 Å². The molecule has 0 bridgehead atoms. The molecule has 0 unspecified atom stereocenters. The average molecular weight is 528 g/mol. The maximum absolute atomic E-state index is 13.5. The van der Waals surface area contributed by atoms with Crippen molar-refractivity contribution in [2.24, 2.45) is 11.7 Å². The molecule has 2 aromatic carbocycles. The van der Waals surface area contributed by atoms with Crippen molar-refractivity contribution in [1.29, 1.82) is 0 Å². The summed E-state index contributed by atoms with van der Waals surface area (Å²) in [5, 5.41) is 4.62. The molecule has 5 nitrogen and oxygen atoms in total. The van der Waals surface area contributed by atoms with Gasteiger partial charge in [-0.15, -0.1) is 13.2 Å². The molecule has 5 rings (SSSR count). The molecule has 0 atom stereocenters. The third-order valence-electron chi connectivity index (χ3n) is 8.08. The highest BCUT2D eigenvalue weighted by molar-refractivity contribution is 5.97. The van der Waals surface area contributed by atoms with Crippen LogP contribution in [0.2, 0.25) is 0 Å². The third-order valence-corrected chi connectivity index (χ3v) is 8.08. The predicted molar refractivity (Wildman–Crippen MR) is 143 cm³/mol. The maximum atomic E-state index is 13.5. The van der Waals surface area contributed by atoms with Gasteiger partial charge in [0, 0.05) is 29.6 Å². The Morgan fingerprint density at radius 1 is 0.974 bits per heavy atom. The summed E-state index contributed by atoms with van der Waals surface area (Å²) in [5.41, 5.74) is 9.37.